The van der Waals surface area contributed by atoms with Gasteiger partial charge < -0.3 is 20.8 Å². The molecule has 0 heterocycles. The molecule has 0 bridgehead atoms. The zero-order valence-corrected chi connectivity index (χ0v) is 14.9. The third kappa shape index (κ3) is 6.32. The first-order valence-corrected chi connectivity index (χ1v) is 7.67. The Morgan fingerprint density at radius 3 is 1.27 bits per heavy atom. The van der Waals surface area contributed by atoms with Gasteiger partial charge >= 0.3 is 0 Å². The third-order valence-corrected chi connectivity index (χ3v) is 3.88. The molecule has 2 atom stereocenters. The Morgan fingerprint density at radius 2 is 1.09 bits per heavy atom. The minimum absolute atomic E-state index is 0.190. The maximum Gasteiger partial charge on any atom is 0.232 e. The first kappa shape index (κ1) is 20.9. The topological polar surface area (TPSA) is 98.7 Å². The molecular formula is C16H32N2O4. The van der Waals surface area contributed by atoms with Crippen LogP contribution in [0, 0.1) is 16.7 Å². The summed E-state index contributed by atoms with van der Waals surface area (Å²) in [6.45, 7) is 12.6. The first-order valence-electron chi connectivity index (χ1n) is 7.67. The molecule has 0 aliphatic carbocycles. The van der Waals surface area contributed by atoms with E-state index in [0.29, 0.717) is 0 Å². The molecule has 0 aliphatic heterocycles. The van der Waals surface area contributed by atoms with Crippen LogP contribution in [0.2, 0.25) is 0 Å². The third-order valence-electron chi connectivity index (χ3n) is 3.88. The summed E-state index contributed by atoms with van der Waals surface area (Å²) in [6.07, 6.45) is 0. The van der Waals surface area contributed by atoms with Crippen LogP contribution < -0.4 is 10.6 Å². The molecule has 0 aliphatic rings. The molecule has 0 aromatic heterocycles. The van der Waals surface area contributed by atoms with E-state index in [-0.39, 0.29) is 24.0 Å². The van der Waals surface area contributed by atoms with Crippen molar-refractivity contribution in [3.8, 4) is 0 Å². The summed E-state index contributed by atoms with van der Waals surface area (Å²) in [5.74, 6) is -1.76. The van der Waals surface area contributed by atoms with Crippen molar-refractivity contribution in [2.75, 3.05) is 13.2 Å². The molecule has 0 aromatic rings. The van der Waals surface area contributed by atoms with Crippen molar-refractivity contribution < 1.29 is 19.8 Å². The molecule has 0 radical (unpaired) electrons. The van der Waals surface area contributed by atoms with Crippen LogP contribution in [-0.4, -0.2) is 47.3 Å². The predicted molar refractivity (Wildman–Crippen MR) is 86.1 cm³/mol. The van der Waals surface area contributed by atoms with Gasteiger partial charge in [0.25, 0.3) is 0 Å². The summed E-state index contributed by atoms with van der Waals surface area (Å²) in [4.78, 5) is 24.3. The molecular weight excluding hydrogens is 284 g/mol. The minimum atomic E-state index is -0.896. The van der Waals surface area contributed by atoms with E-state index < -0.39 is 29.8 Å². The van der Waals surface area contributed by atoms with E-state index in [2.05, 4.69) is 10.6 Å². The minimum Gasteiger partial charge on any atom is -0.394 e. The highest BCUT2D eigenvalue weighted by Gasteiger charge is 2.32. The summed E-state index contributed by atoms with van der Waals surface area (Å²) in [6, 6.07) is -0.849. The zero-order valence-electron chi connectivity index (χ0n) is 14.9. The Labute approximate surface area is 133 Å². The van der Waals surface area contributed by atoms with Crippen molar-refractivity contribution in [2.24, 2.45) is 16.7 Å². The van der Waals surface area contributed by atoms with Gasteiger partial charge in [-0.2, -0.15) is 0 Å². The normalized spacial score (nSPS) is 15.4. The Hall–Kier alpha value is -1.14. The molecule has 0 saturated heterocycles. The summed E-state index contributed by atoms with van der Waals surface area (Å²) in [5.41, 5.74) is -0.612. The number of carbonyl (C=O) groups excluding carboxylic acids is 2. The highest BCUT2D eigenvalue weighted by atomic mass is 16.3. The summed E-state index contributed by atoms with van der Waals surface area (Å²) < 4.78 is 0. The van der Waals surface area contributed by atoms with Crippen LogP contribution in [0.25, 0.3) is 0 Å². The lowest BCUT2D eigenvalue weighted by Gasteiger charge is -2.32. The zero-order chi connectivity index (χ0) is 17.7. The van der Waals surface area contributed by atoms with E-state index in [1.165, 1.54) is 6.92 Å². The fourth-order valence-corrected chi connectivity index (χ4v) is 1.78. The molecule has 22 heavy (non-hydrogen) atoms. The van der Waals surface area contributed by atoms with Gasteiger partial charge in [0.15, 0.2) is 0 Å². The molecule has 0 fully saturated rings. The lowest BCUT2D eigenvalue weighted by Crippen LogP contribution is -2.53. The largest absolute Gasteiger partial charge is 0.394 e. The Balaban J connectivity index is 4.78. The lowest BCUT2D eigenvalue weighted by molar-refractivity contribution is -0.136. The smallest absolute Gasteiger partial charge is 0.232 e. The van der Waals surface area contributed by atoms with E-state index in [1.807, 2.05) is 41.5 Å². The average molecular weight is 316 g/mol. The number of hydrogen-bond acceptors (Lipinski definition) is 4. The second-order valence-corrected chi connectivity index (χ2v) is 7.94. The summed E-state index contributed by atoms with van der Waals surface area (Å²) >= 11 is 0. The molecule has 0 unspecified atom stereocenters. The SMILES string of the molecule is CC(C(=O)N[C@H](CO)C(C)(C)C)C(=O)N[C@H](CO)C(C)(C)C. The fraction of sp³-hybridized carbons (Fsp3) is 0.875. The Kier molecular flexibility index (Phi) is 7.51. The predicted octanol–water partition coefficient (Wildman–Crippen LogP) is 0.669. The molecule has 4 N–H and O–H groups in total. The molecule has 0 rings (SSSR count). The van der Waals surface area contributed by atoms with Gasteiger partial charge in [-0.3, -0.25) is 9.59 Å². The van der Waals surface area contributed by atoms with Crippen LogP contribution in [0.5, 0.6) is 0 Å². The fourth-order valence-electron chi connectivity index (χ4n) is 1.78. The van der Waals surface area contributed by atoms with Crippen molar-refractivity contribution in [1.29, 1.82) is 0 Å². The number of aliphatic hydroxyl groups is 2. The summed E-state index contributed by atoms with van der Waals surface area (Å²) in [5, 5.41) is 24.2. The van der Waals surface area contributed by atoms with E-state index in [1.54, 1.807) is 0 Å². The first-order chi connectivity index (χ1) is 9.84. The Morgan fingerprint density at radius 1 is 0.818 bits per heavy atom. The van der Waals surface area contributed by atoms with Gasteiger partial charge in [0, 0.05) is 0 Å². The molecule has 130 valence electrons. The van der Waals surface area contributed by atoms with E-state index in [9.17, 15) is 19.8 Å². The monoisotopic (exact) mass is 316 g/mol. The van der Waals surface area contributed by atoms with Gasteiger partial charge in [0.05, 0.1) is 25.3 Å². The van der Waals surface area contributed by atoms with Crippen molar-refractivity contribution in [1.82, 2.24) is 10.6 Å². The molecule has 0 spiro atoms. The van der Waals surface area contributed by atoms with Crippen molar-refractivity contribution in [3.05, 3.63) is 0 Å². The maximum atomic E-state index is 12.2. The van der Waals surface area contributed by atoms with Gasteiger partial charge in [-0.1, -0.05) is 41.5 Å². The number of rotatable bonds is 6. The van der Waals surface area contributed by atoms with Crippen LogP contribution in [0.15, 0.2) is 0 Å². The van der Waals surface area contributed by atoms with Crippen molar-refractivity contribution >= 4 is 11.8 Å². The quantitative estimate of drug-likeness (QED) is 0.541. The molecule has 6 heteroatoms. The highest BCUT2D eigenvalue weighted by molar-refractivity contribution is 6.00. The number of aliphatic hydroxyl groups excluding tert-OH is 2. The van der Waals surface area contributed by atoms with Gasteiger partial charge in [0.2, 0.25) is 11.8 Å². The number of nitrogens with one attached hydrogen (secondary N) is 2. The van der Waals surface area contributed by atoms with Crippen LogP contribution in [-0.2, 0) is 9.59 Å². The molecule has 0 aromatic carbocycles. The van der Waals surface area contributed by atoms with Crippen LogP contribution in [0.3, 0.4) is 0 Å². The Bertz CT molecular complexity index is 347. The standard InChI is InChI=1S/C16H32N2O4/c1-10(13(21)17-11(8-19)15(2,3)4)14(22)18-12(9-20)16(5,6)7/h10-12,19-20H,8-9H2,1-7H3,(H,17,21)(H,18,22)/t11-,12-/m1/s1. The number of amides is 2. The van der Waals surface area contributed by atoms with E-state index in [0.717, 1.165) is 0 Å². The second kappa shape index (κ2) is 7.92. The highest BCUT2D eigenvalue weighted by Crippen LogP contribution is 2.20. The lowest BCUT2D eigenvalue weighted by atomic mass is 9.86. The van der Waals surface area contributed by atoms with Crippen molar-refractivity contribution in [3.63, 3.8) is 0 Å². The second-order valence-electron chi connectivity index (χ2n) is 7.94. The van der Waals surface area contributed by atoms with Gasteiger partial charge in [-0.25, -0.2) is 0 Å². The van der Waals surface area contributed by atoms with Crippen LogP contribution >= 0.6 is 0 Å². The van der Waals surface area contributed by atoms with Gasteiger partial charge in [-0.05, 0) is 17.8 Å². The molecule has 0 saturated carbocycles. The van der Waals surface area contributed by atoms with E-state index >= 15 is 0 Å². The number of hydrogen-bond donors (Lipinski definition) is 4. The van der Waals surface area contributed by atoms with Crippen LogP contribution in [0.4, 0.5) is 0 Å². The van der Waals surface area contributed by atoms with Gasteiger partial charge in [-0.15, -0.1) is 0 Å². The maximum absolute atomic E-state index is 12.2. The van der Waals surface area contributed by atoms with Crippen molar-refractivity contribution in [2.45, 2.75) is 60.5 Å². The van der Waals surface area contributed by atoms with Crippen LogP contribution in [0.1, 0.15) is 48.5 Å². The van der Waals surface area contributed by atoms with Gasteiger partial charge in [0.1, 0.15) is 5.92 Å². The number of carbonyl (C=O) groups is 2. The average Bonchev–Trinajstić information content (AvgIpc) is 2.37. The molecule has 6 nitrogen and oxygen atoms in total. The van der Waals surface area contributed by atoms with E-state index in [4.69, 9.17) is 0 Å². The summed E-state index contributed by atoms with van der Waals surface area (Å²) in [7, 11) is 0. The molecule has 2 amide bonds.